The molecule has 1 aliphatic heterocycles. The number of fused-ring (bicyclic) bond motifs is 3. The molecule has 0 saturated heterocycles. The summed E-state index contributed by atoms with van der Waals surface area (Å²) in [4.78, 5) is 37.5. The van der Waals surface area contributed by atoms with Crippen LogP contribution in [-0.4, -0.2) is 50.9 Å². The van der Waals surface area contributed by atoms with Crippen LogP contribution in [0, 0.1) is 10.1 Å². The van der Waals surface area contributed by atoms with Crippen molar-refractivity contribution in [1.29, 1.82) is 0 Å². The van der Waals surface area contributed by atoms with Gasteiger partial charge in [-0.1, -0.05) is 12.1 Å². The molecule has 0 saturated carbocycles. The average Bonchev–Trinajstić information content (AvgIpc) is 3.16. The van der Waals surface area contributed by atoms with E-state index >= 15 is 0 Å². The lowest BCUT2D eigenvalue weighted by Gasteiger charge is -2.46. The Balaban J connectivity index is 1.96. The number of aliphatic carboxylic acids is 1. The molecule has 1 aliphatic carbocycles. The molecule has 0 spiro atoms. The van der Waals surface area contributed by atoms with Gasteiger partial charge in [0.05, 0.1) is 28.3 Å². The SMILES string of the molecule is COC1=CCC(C(=O)O)(c2ccc([N+](=O)[O-])cc2)c2c1sc1c2CC[N+](C(=O)O)(C(C)(C)C)C1. The van der Waals surface area contributed by atoms with Crippen LogP contribution < -0.4 is 0 Å². The van der Waals surface area contributed by atoms with Gasteiger partial charge in [0.25, 0.3) is 5.69 Å². The smallest absolute Gasteiger partial charge is 0.496 e. The van der Waals surface area contributed by atoms with E-state index in [0.29, 0.717) is 34.7 Å². The van der Waals surface area contributed by atoms with Crippen LogP contribution in [0.5, 0.6) is 0 Å². The van der Waals surface area contributed by atoms with Crippen LogP contribution >= 0.6 is 11.3 Å². The number of amides is 1. The number of ether oxygens (including phenoxy) is 1. The quantitative estimate of drug-likeness (QED) is 0.361. The summed E-state index contributed by atoms with van der Waals surface area (Å²) in [5, 5.41) is 31.9. The molecule has 0 fully saturated rings. The summed E-state index contributed by atoms with van der Waals surface area (Å²) in [6.45, 7) is 6.28. The summed E-state index contributed by atoms with van der Waals surface area (Å²) in [6, 6.07) is 5.64. The maximum absolute atomic E-state index is 12.9. The predicted octanol–water partition coefficient (Wildman–Crippen LogP) is 4.77. The Morgan fingerprint density at radius 2 is 1.85 bits per heavy atom. The van der Waals surface area contributed by atoms with Crippen molar-refractivity contribution in [3.63, 3.8) is 0 Å². The van der Waals surface area contributed by atoms with Gasteiger partial charge in [-0.2, -0.15) is 4.79 Å². The van der Waals surface area contributed by atoms with Crippen molar-refractivity contribution in [1.82, 2.24) is 0 Å². The molecule has 0 bridgehead atoms. The molecule has 34 heavy (non-hydrogen) atoms. The van der Waals surface area contributed by atoms with E-state index in [1.54, 1.807) is 6.08 Å². The number of carboxylic acids is 1. The molecule has 2 unspecified atom stereocenters. The molecule has 1 aromatic heterocycles. The van der Waals surface area contributed by atoms with Gasteiger partial charge in [0.15, 0.2) is 0 Å². The van der Waals surface area contributed by atoms with Crippen molar-refractivity contribution >= 4 is 34.8 Å². The molecule has 180 valence electrons. The molecule has 1 aromatic carbocycles. The third kappa shape index (κ3) is 3.24. The minimum Gasteiger partial charge on any atom is -0.496 e. The van der Waals surface area contributed by atoms with E-state index in [2.05, 4.69) is 0 Å². The molecule has 2 atom stereocenters. The second-order valence-electron chi connectivity index (χ2n) is 9.75. The second-order valence-corrected chi connectivity index (χ2v) is 10.9. The highest BCUT2D eigenvalue weighted by atomic mass is 32.1. The standard InChI is InChI=1S/C24H26N2O7S/c1-23(2,3)26(22(29)30)12-10-16-18(13-26)34-20-17(33-4)9-11-24(19(16)20,21(27)28)14-5-7-15(8-6-14)25(31)32/h5-9H,10-13H2,1-4H3,(H-,27,28,29,30)/p+1. The first-order chi connectivity index (χ1) is 15.9. The molecule has 9 nitrogen and oxygen atoms in total. The fraction of sp³-hybridized carbons (Fsp3) is 0.417. The number of carbonyl (C=O) groups is 2. The highest BCUT2D eigenvalue weighted by Crippen LogP contribution is 2.52. The van der Waals surface area contributed by atoms with Crippen LogP contribution in [0.3, 0.4) is 0 Å². The van der Waals surface area contributed by atoms with Gasteiger partial charge in [-0.05, 0) is 50.0 Å². The predicted molar refractivity (Wildman–Crippen MR) is 126 cm³/mol. The van der Waals surface area contributed by atoms with Crippen molar-refractivity contribution in [2.45, 2.75) is 51.1 Å². The van der Waals surface area contributed by atoms with Gasteiger partial charge in [-0.3, -0.25) is 14.9 Å². The number of nitro groups is 1. The van der Waals surface area contributed by atoms with Gasteiger partial charge in [0, 0.05) is 18.6 Å². The Kier molecular flexibility index (Phi) is 5.57. The number of nitro benzene ring substituents is 1. The maximum atomic E-state index is 12.9. The number of carboxylic acid groups (broad SMARTS) is 2. The topological polar surface area (TPSA) is 127 Å². The Morgan fingerprint density at radius 3 is 2.35 bits per heavy atom. The first-order valence-corrected chi connectivity index (χ1v) is 11.7. The van der Waals surface area contributed by atoms with Gasteiger partial charge >= 0.3 is 12.1 Å². The van der Waals surface area contributed by atoms with E-state index in [1.807, 2.05) is 20.8 Å². The maximum Gasteiger partial charge on any atom is 0.514 e. The van der Waals surface area contributed by atoms with E-state index < -0.39 is 27.9 Å². The Labute approximate surface area is 200 Å². The molecule has 2 aliphatic rings. The van der Waals surface area contributed by atoms with Gasteiger partial charge < -0.3 is 14.9 Å². The van der Waals surface area contributed by atoms with E-state index in [4.69, 9.17) is 4.74 Å². The molecule has 4 rings (SSSR count). The average molecular weight is 488 g/mol. The van der Waals surface area contributed by atoms with E-state index in [1.165, 1.54) is 42.7 Å². The minimum atomic E-state index is -1.45. The number of nitrogens with zero attached hydrogens (tertiary/aromatic N) is 2. The van der Waals surface area contributed by atoms with Crippen LogP contribution in [0.25, 0.3) is 5.76 Å². The Hall–Kier alpha value is -3.24. The van der Waals surface area contributed by atoms with Gasteiger partial charge in [0.1, 0.15) is 23.3 Å². The third-order valence-electron chi connectivity index (χ3n) is 7.30. The van der Waals surface area contributed by atoms with Crippen molar-refractivity contribution < 1.29 is 33.9 Å². The zero-order chi connectivity index (χ0) is 25.1. The lowest BCUT2D eigenvalue weighted by molar-refractivity contribution is -0.917. The number of rotatable bonds is 4. The summed E-state index contributed by atoms with van der Waals surface area (Å²) < 4.78 is 5.44. The fourth-order valence-electron chi connectivity index (χ4n) is 5.24. The largest absolute Gasteiger partial charge is 0.514 e. The van der Waals surface area contributed by atoms with Crippen molar-refractivity contribution in [3.05, 3.63) is 66.9 Å². The van der Waals surface area contributed by atoms with Crippen molar-refractivity contribution in [2.24, 2.45) is 0 Å². The Morgan fingerprint density at radius 1 is 1.21 bits per heavy atom. The van der Waals surface area contributed by atoms with E-state index in [-0.39, 0.29) is 23.1 Å². The number of benzene rings is 1. The number of thiophene rings is 1. The first-order valence-electron chi connectivity index (χ1n) is 10.9. The number of allylic oxidation sites excluding steroid dienone is 1. The summed E-state index contributed by atoms with van der Waals surface area (Å²) in [6.07, 6.45) is 1.36. The highest BCUT2D eigenvalue weighted by molar-refractivity contribution is 7.13. The molecule has 2 heterocycles. The number of hydrogen-bond donors (Lipinski definition) is 2. The molecule has 2 N–H and O–H groups in total. The lowest BCUT2D eigenvalue weighted by Crippen LogP contribution is -2.64. The number of methoxy groups -OCH3 is 1. The first kappa shape index (κ1) is 23.9. The van der Waals surface area contributed by atoms with E-state index in [9.17, 15) is 29.9 Å². The van der Waals surface area contributed by atoms with Crippen LogP contribution in [0.15, 0.2) is 30.3 Å². The summed E-state index contributed by atoms with van der Waals surface area (Å²) in [5.41, 5.74) is -0.216. The summed E-state index contributed by atoms with van der Waals surface area (Å²) in [7, 11) is 1.53. The normalized spacial score (nSPS) is 23.9. The van der Waals surface area contributed by atoms with Crippen LogP contribution in [0.1, 0.15) is 53.6 Å². The van der Waals surface area contributed by atoms with Crippen LogP contribution in [-0.2, 0) is 27.9 Å². The minimum absolute atomic E-state index is 0.116. The van der Waals surface area contributed by atoms with Crippen LogP contribution in [0.4, 0.5) is 10.5 Å². The summed E-state index contributed by atoms with van der Waals surface area (Å²) in [5.74, 6) is -0.493. The van der Waals surface area contributed by atoms with Crippen LogP contribution in [0.2, 0.25) is 0 Å². The molecule has 1 amide bonds. The van der Waals surface area contributed by atoms with E-state index in [0.717, 1.165) is 10.4 Å². The van der Waals surface area contributed by atoms with Crippen molar-refractivity contribution in [2.75, 3.05) is 13.7 Å². The zero-order valence-electron chi connectivity index (χ0n) is 19.5. The zero-order valence-corrected chi connectivity index (χ0v) is 20.3. The molecular weight excluding hydrogens is 460 g/mol. The van der Waals surface area contributed by atoms with Gasteiger partial charge in [0.2, 0.25) is 0 Å². The fourth-order valence-corrected chi connectivity index (χ4v) is 6.77. The third-order valence-corrected chi connectivity index (χ3v) is 8.53. The Bertz CT molecular complexity index is 1230. The van der Waals surface area contributed by atoms with Gasteiger partial charge in [-0.15, -0.1) is 11.3 Å². The highest BCUT2D eigenvalue weighted by Gasteiger charge is 2.54. The number of non-ortho nitro benzene ring substituents is 1. The lowest BCUT2D eigenvalue weighted by atomic mass is 9.67. The monoisotopic (exact) mass is 487 g/mol. The molecule has 10 heteroatoms. The number of quaternary nitrogens is 1. The molecule has 0 radical (unpaired) electrons. The second kappa shape index (κ2) is 7.92. The van der Waals surface area contributed by atoms with Gasteiger partial charge in [-0.25, -0.2) is 4.48 Å². The molecular formula is C24H27N2O7S+. The summed E-state index contributed by atoms with van der Waals surface area (Å²) >= 11 is 1.38. The van der Waals surface area contributed by atoms with Crippen molar-refractivity contribution in [3.8, 4) is 0 Å². The molecule has 2 aromatic rings. The number of hydrogen-bond acceptors (Lipinski definition) is 6.